The van der Waals surface area contributed by atoms with E-state index in [1.54, 1.807) is 6.33 Å². The minimum Gasteiger partial charge on any atom is -0.330 e. The van der Waals surface area contributed by atoms with Crippen LogP contribution >= 0.6 is 0 Å². The minimum atomic E-state index is 0.501. The number of aryl methyl sites for hydroxylation is 1. The quantitative estimate of drug-likeness (QED) is 0.696. The predicted octanol–water partition coefficient (Wildman–Crippen LogP) is 0.504. The summed E-state index contributed by atoms with van der Waals surface area (Å²) in [6.45, 7) is 0.740. The lowest BCUT2D eigenvalue weighted by molar-refractivity contribution is 0.346. The summed E-state index contributed by atoms with van der Waals surface area (Å²) >= 11 is 0. The predicted molar refractivity (Wildman–Crippen MR) is 45.7 cm³/mol. The van der Waals surface area contributed by atoms with E-state index in [0.717, 1.165) is 25.2 Å². The van der Waals surface area contributed by atoms with Crippen LogP contribution in [0.25, 0.3) is 0 Å². The fraction of sp³-hybridized carbons (Fsp3) is 0.750. The molecule has 1 aromatic heterocycles. The lowest BCUT2D eigenvalue weighted by Crippen LogP contribution is -2.21. The molecule has 4 nitrogen and oxygen atoms in total. The molecule has 0 aromatic carbocycles. The fourth-order valence-electron chi connectivity index (χ4n) is 1.84. The summed E-state index contributed by atoms with van der Waals surface area (Å²) in [5.74, 6) is 1.12. The molecule has 1 aromatic rings. The van der Waals surface area contributed by atoms with Gasteiger partial charge >= 0.3 is 0 Å². The molecule has 0 fully saturated rings. The van der Waals surface area contributed by atoms with Crippen LogP contribution in [0.4, 0.5) is 0 Å². The van der Waals surface area contributed by atoms with Gasteiger partial charge in [0.1, 0.15) is 12.2 Å². The molecule has 0 saturated heterocycles. The van der Waals surface area contributed by atoms with Gasteiger partial charge in [-0.3, -0.25) is 0 Å². The third-order valence-electron chi connectivity index (χ3n) is 2.43. The summed E-state index contributed by atoms with van der Waals surface area (Å²) in [6.07, 6.45) is 6.17. The zero-order valence-corrected chi connectivity index (χ0v) is 7.11. The van der Waals surface area contributed by atoms with Crippen molar-refractivity contribution in [3.05, 3.63) is 12.2 Å². The Morgan fingerprint density at radius 2 is 2.58 bits per heavy atom. The van der Waals surface area contributed by atoms with Crippen molar-refractivity contribution in [2.45, 2.75) is 31.7 Å². The molecule has 0 bridgehead atoms. The van der Waals surface area contributed by atoms with E-state index in [-0.39, 0.29) is 0 Å². The Balaban J connectivity index is 2.19. The highest BCUT2D eigenvalue weighted by Gasteiger charge is 2.19. The van der Waals surface area contributed by atoms with Gasteiger partial charge in [0.05, 0.1) is 6.04 Å². The maximum absolute atomic E-state index is 5.52. The smallest absolute Gasteiger partial charge is 0.138 e. The number of fused-ring (bicyclic) bond motifs is 1. The van der Waals surface area contributed by atoms with Crippen LogP contribution in [0, 0.1) is 0 Å². The van der Waals surface area contributed by atoms with E-state index in [0.29, 0.717) is 6.04 Å². The number of hydrogen-bond acceptors (Lipinski definition) is 3. The molecular weight excluding hydrogens is 152 g/mol. The highest BCUT2D eigenvalue weighted by atomic mass is 15.4. The first-order chi connectivity index (χ1) is 5.92. The molecule has 4 heteroatoms. The van der Waals surface area contributed by atoms with Crippen molar-refractivity contribution >= 4 is 0 Å². The van der Waals surface area contributed by atoms with Gasteiger partial charge in [-0.2, -0.15) is 5.10 Å². The minimum absolute atomic E-state index is 0.501. The fourth-order valence-corrected chi connectivity index (χ4v) is 1.84. The van der Waals surface area contributed by atoms with Gasteiger partial charge in [0.2, 0.25) is 0 Å². The van der Waals surface area contributed by atoms with Crippen LogP contribution < -0.4 is 5.73 Å². The average molecular weight is 166 g/mol. The second-order valence-electron chi connectivity index (χ2n) is 3.24. The molecule has 0 spiro atoms. The molecule has 1 atom stereocenters. The summed E-state index contributed by atoms with van der Waals surface area (Å²) in [6, 6.07) is 0.501. The lowest BCUT2D eigenvalue weighted by Gasteiger charge is -2.22. The van der Waals surface area contributed by atoms with Crippen LogP contribution in [0.2, 0.25) is 0 Å². The topological polar surface area (TPSA) is 56.7 Å². The van der Waals surface area contributed by atoms with Crippen LogP contribution in [0.5, 0.6) is 0 Å². The first kappa shape index (κ1) is 7.73. The normalized spacial score (nSPS) is 22.2. The Kier molecular flexibility index (Phi) is 2.08. The van der Waals surface area contributed by atoms with Gasteiger partial charge in [-0.15, -0.1) is 0 Å². The molecule has 0 radical (unpaired) electrons. The van der Waals surface area contributed by atoms with Crippen molar-refractivity contribution in [3.8, 4) is 0 Å². The molecule has 66 valence electrons. The lowest BCUT2D eigenvalue weighted by atomic mass is 10.0. The van der Waals surface area contributed by atoms with E-state index in [1.165, 1.54) is 12.8 Å². The molecule has 0 aliphatic carbocycles. The van der Waals surface area contributed by atoms with Crippen LogP contribution in [0.15, 0.2) is 6.33 Å². The molecule has 1 aliphatic rings. The number of rotatable bonds is 2. The number of hydrogen-bond donors (Lipinski definition) is 1. The summed E-state index contributed by atoms with van der Waals surface area (Å²) in [5, 5.41) is 4.21. The van der Waals surface area contributed by atoms with Gasteiger partial charge in [-0.05, 0) is 25.8 Å². The van der Waals surface area contributed by atoms with Gasteiger partial charge in [-0.25, -0.2) is 9.67 Å². The summed E-state index contributed by atoms with van der Waals surface area (Å²) in [5.41, 5.74) is 5.52. The first-order valence-corrected chi connectivity index (χ1v) is 4.50. The number of aromatic nitrogens is 3. The Bertz CT molecular complexity index is 255. The van der Waals surface area contributed by atoms with E-state index in [1.807, 2.05) is 4.68 Å². The van der Waals surface area contributed by atoms with Crippen molar-refractivity contribution in [1.29, 1.82) is 0 Å². The van der Waals surface area contributed by atoms with Crippen molar-refractivity contribution < 1.29 is 0 Å². The number of nitrogens with two attached hydrogens (primary N) is 1. The van der Waals surface area contributed by atoms with Gasteiger partial charge in [0.25, 0.3) is 0 Å². The second-order valence-corrected chi connectivity index (χ2v) is 3.24. The zero-order chi connectivity index (χ0) is 8.39. The summed E-state index contributed by atoms with van der Waals surface area (Å²) in [4.78, 5) is 4.20. The van der Waals surface area contributed by atoms with Crippen LogP contribution in [-0.4, -0.2) is 21.3 Å². The molecular formula is C8H14N4. The monoisotopic (exact) mass is 166 g/mol. The van der Waals surface area contributed by atoms with Crippen molar-refractivity contribution in [3.63, 3.8) is 0 Å². The largest absolute Gasteiger partial charge is 0.330 e. The van der Waals surface area contributed by atoms with E-state index in [2.05, 4.69) is 10.1 Å². The van der Waals surface area contributed by atoms with E-state index in [4.69, 9.17) is 5.73 Å². The van der Waals surface area contributed by atoms with E-state index < -0.39 is 0 Å². The Labute approximate surface area is 71.8 Å². The Hall–Kier alpha value is -0.900. The van der Waals surface area contributed by atoms with E-state index in [9.17, 15) is 0 Å². The van der Waals surface area contributed by atoms with Crippen molar-refractivity contribution in [1.82, 2.24) is 14.8 Å². The molecule has 12 heavy (non-hydrogen) atoms. The third-order valence-corrected chi connectivity index (χ3v) is 2.43. The zero-order valence-electron chi connectivity index (χ0n) is 7.11. The summed E-state index contributed by atoms with van der Waals surface area (Å²) < 4.78 is 2.04. The van der Waals surface area contributed by atoms with Gasteiger partial charge in [0.15, 0.2) is 0 Å². The summed E-state index contributed by atoms with van der Waals surface area (Å²) in [7, 11) is 0. The van der Waals surface area contributed by atoms with Crippen molar-refractivity contribution in [2.75, 3.05) is 6.54 Å². The molecule has 2 N–H and O–H groups in total. The average Bonchev–Trinajstić information content (AvgIpc) is 2.53. The van der Waals surface area contributed by atoms with Crippen LogP contribution in [0.1, 0.15) is 31.1 Å². The van der Waals surface area contributed by atoms with Crippen LogP contribution in [0.3, 0.4) is 0 Å². The van der Waals surface area contributed by atoms with Crippen molar-refractivity contribution in [2.24, 2.45) is 5.73 Å². The molecule has 1 aliphatic heterocycles. The highest BCUT2D eigenvalue weighted by Crippen LogP contribution is 2.24. The number of nitrogens with zero attached hydrogens (tertiary/aromatic N) is 3. The maximum atomic E-state index is 5.52. The Morgan fingerprint density at radius 1 is 1.67 bits per heavy atom. The van der Waals surface area contributed by atoms with Gasteiger partial charge in [-0.1, -0.05) is 0 Å². The molecule has 1 unspecified atom stereocenters. The highest BCUT2D eigenvalue weighted by molar-refractivity contribution is 4.92. The maximum Gasteiger partial charge on any atom is 0.138 e. The second kappa shape index (κ2) is 3.23. The molecule has 0 amide bonds. The third kappa shape index (κ3) is 1.22. The Morgan fingerprint density at radius 3 is 3.42 bits per heavy atom. The van der Waals surface area contributed by atoms with E-state index >= 15 is 0 Å². The molecule has 0 saturated carbocycles. The van der Waals surface area contributed by atoms with Gasteiger partial charge in [0, 0.05) is 6.42 Å². The SMILES string of the molecule is NCCC1CCCc2ncnn21. The first-order valence-electron chi connectivity index (χ1n) is 4.50. The molecule has 2 rings (SSSR count). The molecule has 2 heterocycles. The van der Waals surface area contributed by atoms with Crippen LogP contribution in [-0.2, 0) is 6.42 Å². The standard InChI is InChI=1S/C8H14N4/c9-5-4-7-2-1-3-8-10-6-11-12(7)8/h6-7H,1-5,9H2. The van der Waals surface area contributed by atoms with Gasteiger partial charge < -0.3 is 5.73 Å².